The van der Waals surface area contributed by atoms with Crippen molar-refractivity contribution in [2.75, 3.05) is 0 Å². The van der Waals surface area contributed by atoms with E-state index in [9.17, 15) is 14.7 Å². The lowest BCUT2D eigenvalue weighted by atomic mass is 9.71. The first-order chi connectivity index (χ1) is 11.4. The van der Waals surface area contributed by atoms with Gasteiger partial charge in [0.2, 0.25) is 0 Å². The van der Waals surface area contributed by atoms with Gasteiger partial charge >= 0.3 is 11.9 Å². The molecule has 0 bridgehead atoms. The second-order valence-corrected chi connectivity index (χ2v) is 6.78. The molecule has 0 fully saturated rings. The monoisotopic (exact) mass is 324 g/mol. The molecule has 3 rings (SSSR count). The lowest BCUT2D eigenvalue weighted by Crippen LogP contribution is -2.26. The van der Waals surface area contributed by atoms with E-state index in [0.717, 1.165) is 17.5 Å². The minimum Gasteiger partial charge on any atom is -0.388 e. The molecule has 0 spiro atoms. The van der Waals surface area contributed by atoms with Gasteiger partial charge in [0.15, 0.2) is 0 Å². The molecule has 0 aliphatic heterocycles. The van der Waals surface area contributed by atoms with Crippen molar-refractivity contribution in [3.05, 3.63) is 70.8 Å². The van der Waals surface area contributed by atoms with Crippen molar-refractivity contribution in [1.82, 2.24) is 0 Å². The fourth-order valence-corrected chi connectivity index (χ4v) is 3.15. The third kappa shape index (κ3) is 3.10. The summed E-state index contributed by atoms with van der Waals surface area (Å²) in [5.74, 6) is -1.39. The minimum atomic E-state index is -0.706. The van der Waals surface area contributed by atoms with Crippen LogP contribution in [0.4, 0.5) is 0 Å². The number of benzene rings is 2. The summed E-state index contributed by atoms with van der Waals surface area (Å²) in [7, 11) is 0. The topological polar surface area (TPSA) is 63.6 Å². The molecule has 2 aromatic carbocycles. The van der Waals surface area contributed by atoms with Crippen molar-refractivity contribution in [2.24, 2.45) is 0 Å². The highest BCUT2D eigenvalue weighted by Crippen LogP contribution is 2.41. The molecule has 24 heavy (non-hydrogen) atoms. The summed E-state index contributed by atoms with van der Waals surface area (Å²) in [6.07, 6.45) is 0.949. The predicted molar refractivity (Wildman–Crippen MR) is 89.8 cm³/mol. The van der Waals surface area contributed by atoms with Crippen molar-refractivity contribution < 1.29 is 19.4 Å². The highest BCUT2D eigenvalue weighted by Gasteiger charge is 2.32. The average Bonchev–Trinajstić information content (AvgIpc) is 2.59. The van der Waals surface area contributed by atoms with E-state index >= 15 is 0 Å². The van der Waals surface area contributed by atoms with Crippen LogP contribution >= 0.6 is 0 Å². The molecular formula is C20H20O4. The van der Waals surface area contributed by atoms with Crippen molar-refractivity contribution >= 4 is 11.9 Å². The van der Waals surface area contributed by atoms with Gasteiger partial charge in [-0.05, 0) is 53.6 Å². The Labute approximate surface area is 141 Å². The molecule has 124 valence electrons. The Morgan fingerprint density at radius 1 is 1.04 bits per heavy atom. The van der Waals surface area contributed by atoms with E-state index in [1.807, 2.05) is 6.07 Å². The predicted octanol–water partition coefficient (Wildman–Crippen LogP) is 3.79. The molecule has 0 saturated heterocycles. The molecule has 4 heteroatoms. The van der Waals surface area contributed by atoms with Crippen LogP contribution in [-0.4, -0.2) is 17.0 Å². The van der Waals surface area contributed by atoms with E-state index in [2.05, 4.69) is 13.8 Å². The number of fused-ring (bicyclic) bond motifs is 1. The maximum Gasteiger partial charge on any atom is 0.346 e. The Hall–Kier alpha value is -2.46. The number of carbonyl (C=O) groups is 2. The minimum absolute atomic E-state index is 0.0448. The second kappa shape index (κ2) is 6.21. The zero-order valence-corrected chi connectivity index (χ0v) is 13.8. The van der Waals surface area contributed by atoms with Gasteiger partial charge < -0.3 is 9.84 Å². The Kier molecular flexibility index (Phi) is 4.24. The van der Waals surface area contributed by atoms with Crippen LogP contribution in [0.3, 0.4) is 0 Å². The van der Waals surface area contributed by atoms with Gasteiger partial charge in [0.05, 0.1) is 17.2 Å². The Morgan fingerprint density at radius 3 is 2.42 bits per heavy atom. The Bertz CT molecular complexity index is 777. The molecule has 0 aromatic heterocycles. The molecule has 1 N–H and O–H groups in total. The summed E-state index contributed by atoms with van der Waals surface area (Å²) in [5, 5.41) is 10.2. The third-order valence-corrected chi connectivity index (χ3v) is 4.61. The van der Waals surface area contributed by atoms with Gasteiger partial charge in [0.25, 0.3) is 0 Å². The average molecular weight is 324 g/mol. The summed E-state index contributed by atoms with van der Waals surface area (Å²) in [4.78, 5) is 24.2. The van der Waals surface area contributed by atoms with Crippen LogP contribution in [0.2, 0.25) is 0 Å². The smallest absolute Gasteiger partial charge is 0.346 e. The van der Waals surface area contributed by atoms with E-state index in [1.165, 1.54) is 0 Å². The zero-order valence-electron chi connectivity index (χ0n) is 13.8. The fraction of sp³-hybridized carbons (Fsp3) is 0.300. The van der Waals surface area contributed by atoms with Gasteiger partial charge in [-0.1, -0.05) is 38.1 Å². The molecule has 0 saturated carbocycles. The summed E-state index contributed by atoms with van der Waals surface area (Å²) in [6, 6.07) is 13.5. The largest absolute Gasteiger partial charge is 0.388 e. The molecule has 2 aromatic rings. The number of carbonyl (C=O) groups excluding carboxylic acids is 2. The lowest BCUT2D eigenvalue weighted by molar-refractivity contribution is 0.0397. The maximum atomic E-state index is 12.3. The summed E-state index contributed by atoms with van der Waals surface area (Å²) in [6.45, 7) is 4.24. The fourth-order valence-electron chi connectivity index (χ4n) is 3.15. The van der Waals surface area contributed by atoms with Gasteiger partial charge in [0.1, 0.15) is 0 Å². The summed E-state index contributed by atoms with van der Waals surface area (Å²) < 4.78 is 4.94. The molecule has 1 atom stereocenters. The molecule has 1 unspecified atom stereocenters. The van der Waals surface area contributed by atoms with Crippen molar-refractivity contribution in [1.29, 1.82) is 0 Å². The van der Waals surface area contributed by atoms with Gasteiger partial charge in [0, 0.05) is 0 Å². The molecule has 1 aliphatic rings. The van der Waals surface area contributed by atoms with E-state index in [1.54, 1.807) is 42.5 Å². The van der Waals surface area contributed by atoms with E-state index < -0.39 is 18.0 Å². The molecule has 0 amide bonds. The number of esters is 2. The van der Waals surface area contributed by atoms with Crippen LogP contribution in [0.1, 0.15) is 64.6 Å². The second-order valence-electron chi connectivity index (χ2n) is 6.78. The van der Waals surface area contributed by atoms with Crippen molar-refractivity contribution in [2.45, 2.75) is 38.2 Å². The Balaban J connectivity index is 1.84. The quantitative estimate of drug-likeness (QED) is 0.674. The molecule has 0 heterocycles. The van der Waals surface area contributed by atoms with Crippen LogP contribution in [-0.2, 0) is 10.2 Å². The first-order valence-corrected chi connectivity index (χ1v) is 8.02. The zero-order chi connectivity index (χ0) is 17.3. The van der Waals surface area contributed by atoms with Crippen LogP contribution in [0.25, 0.3) is 0 Å². The number of aliphatic hydroxyl groups is 1. The summed E-state index contributed by atoms with van der Waals surface area (Å²) in [5.41, 5.74) is 2.33. The van der Waals surface area contributed by atoms with Crippen LogP contribution < -0.4 is 0 Å². The molecule has 1 aliphatic carbocycles. The van der Waals surface area contributed by atoms with Gasteiger partial charge in [-0.15, -0.1) is 0 Å². The van der Waals surface area contributed by atoms with Crippen LogP contribution in [0.5, 0.6) is 0 Å². The van der Waals surface area contributed by atoms with E-state index in [4.69, 9.17) is 4.74 Å². The lowest BCUT2D eigenvalue weighted by Gasteiger charge is -2.35. The van der Waals surface area contributed by atoms with Crippen LogP contribution in [0.15, 0.2) is 48.5 Å². The number of hydrogen-bond donors (Lipinski definition) is 1. The van der Waals surface area contributed by atoms with Gasteiger partial charge in [-0.2, -0.15) is 0 Å². The normalized spacial score (nSPS) is 18.5. The number of ether oxygens (including phenoxy) is 1. The number of hydrogen-bond acceptors (Lipinski definition) is 4. The SMILES string of the molecule is CC1(C)CCC(O)c2cc(C(=O)OC(=O)c3ccccc3)ccc21. The van der Waals surface area contributed by atoms with Gasteiger partial charge in [-0.3, -0.25) is 0 Å². The number of aliphatic hydroxyl groups excluding tert-OH is 1. The third-order valence-electron chi connectivity index (χ3n) is 4.61. The highest BCUT2D eigenvalue weighted by atomic mass is 16.6. The number of rotatable bonds is 2. The van der Waals surface area contributed by atoms with E-state index in [-0.39, 0.29) is 11.0 Å². The van der Waals surface area contributed by atoms with E-state index in [0.29, 0.717) is 12.0 Å². The van der Waals surface area contributed by atoms with Crippen molar-refractivity contribution in [3.8, 4) is 0 Å². The van der Waals surface area contributed by atoms with Crippen LogP contribution in [0, 0.1) is 0 Å². The summed E-state index contributed by atoms with van der Waals surface area (Å²) >= 11 is 0. The molecule has 4 nitrogen and oxygen atoms in total. The maximum absolute atomic E-state index is 12.3. The highest BCUT2D eigenvalue weighted by molar-refractivity contribution is 6.02. The Morgan fingerprint density at radius 2 is 1.71 bits per heavy atom. The van der Waals surface area contributed by atoms with Gasteiger partial charge in [-0.25, -0.2) is 9.59 Å². The molecular weight excluding hydrogens is 304 g/mol. The molecule has 0 radical (unpaired) electrons. The first kappa shape index (κ1) is 16.4. The standard InChI is InChI=1S/C20H20O4/c1-20(2)11-10-17(21)15-12-14(8-9-16(15)20)19(23)24-18(22)13-6-4-3-5-7-13/h3-9,12,17,21H,10-11H2,1-2H3. The first-order valence-electron chi connectivity index (χ1n) is 8.02. The van der Waals surface area contributed by atoms with Crippen molar-refractivity contribution in [3.63, 3.8) is 0 Å².